The molecule has 1 saturated carbocycles. The molecular weight excluding hydrogens is 385 g/mol. The molecule has 0 saturated heterocycles. The van der Waals surface area contributed by atoms with Gasteiger partial charge in [-0.15, -0.1) is 15.3 Å². The average molecular weight is 407 g/mol. The average Bonchev–Trinajstić information content (AvgIpc) is 3.47. The van der Waals surface area contributed by atoms with Gasteiger partial charge >= 0.3 is 0 Å². The molecule has 1 aliphatic carbocycles. The van der Waals surface area contributed by atoms with Crippen molar-refractivity contribution in [3.8, 4) is 17.1 Å². The normalized spacial score (nSPS) is 14.6. The minimum absolute atomic E-state index is 0.294. The van der Waals surface area contributed by atoms with E-state index in [0.29, 0.717) is 41.1 Å². The third-order valence-corrected chi connectivity index (χ3v) is 5.75. The molecule has 154 valence electrons. The monoisotopic (exact) mass is 407 g/mol. The van der Waals surface area contributed by atoms with Gasteiger partial charge in [0, 0.05) is 18.5 Å². The predicted octanol–water partition coefficient (Wildman–Crippen LogP) is 3.60. The minimum atomic E-state index is -0.355. The highest BCUT2D eigenvalue weighted by Crippen LogP contribution is 2.40. The summed E-state index contributed by atoms with van der Waals surface area (Å²) >= 11 is 0. The molecule has 1 aromatic carbocycles. The van der Waals surface area contributed by atoms with Crippen LogP contribution in [0.4, 0.5) is 4.39 Å². The maximum atomic E-state index is 14.5. The second-order valence-corrected chi connectivity index (χ2v) is 7.66. The Morgan fingerprint density at radius 2 is 1.97 bits per heavy atom. The van der Waals surface area contributed by atoms with Crippen molar-refractivity contribution in [2.45, 2.75) is 45.1 Å². The van der Waals surface area contributed by atoms with E-state index < -0.39 is 0 Å². The fourth-order valence-electron chi connectivity index (χ4n) is 4.19. The number of nitrogens with zero attached hydrogens (tertiary/aromatic N) is 7. The summed E-state index contributed by atoms with van der Waals surface area (Å²) in [6.07, 6.45) is 6.13. The lowest BCUT2D eigenvalue weighted by Gasteiger charge is -2.13. The Morgan fingerprint density at radius 1 is 1.17 bits per heavy atom. The first-order valence-electron chi connectivity index (χ1n) is 10.1. The molecule has 0 aliphatic heterocycles. The standard InChI is InChI=1S/C21H22FN7O/c1-13-25-26-18(16-9-5-6-10-17(16)22)20-24-21(30-12-15-11-23-27-28(15)2)19(29(13)20)14-7-3-4-8-14/h5-6,9-11,14H,3-4,7-8,12H2,1-2H3. The van der Waals surface area contributed by atoms with Crippen molar-refractivity contribution in [1.29, 1.82) is 0 Å². The molecule has 30 heavy (non-hydrogen) atoms. The zero-order valence-electron chi connectivity index (χ0n) is 16.9. The van der Waals surface area contributed by atoms with Crippen molar-refractivity contribution in [2.75, 3.05) is 0 Å². The summed E-state index contributed by atoms with van der Waals surface area (Å²) in [5.74, 6) is 1.21. The van der Waals surface area contributed by atoms with Gasteiger partial charge in [-0.2, -0.15) is 4.98 Å². The van der Waals surface area contributed by atoms with E-state index in [4.69, 9.17) is 9.72 Å². The highest BCUT2D eigenvalue weighted by molar-refractivity contribution is 5.75. The molecule has 3 aromatic heterocycles. The number of aryl methyl sites for hydroxylation is 2. The maximum absolute atomic E-state index is 14.5. The van der Waals surface area contributed by atoms with Gasteiger partial charge in [0.25, 0.3) is 0 Å². The predicted molar refractivity (Wildman–Crippen MR) is 107 cm³/mol. The van der Waals surface area contributed by atoms with E-state index >= 15 is 0 Å². The van der Waals surface area contributed by atoms with Gasteiger partial charge in [0.15, 0.2) is 5.65 Å². The van der Waals surface area contributed by atoms with Crippen molar-refractivity contribution < 1.29 is 9.13 Å². The van der Waals surface area contributed by atoms with Crippen LogP contribution in [0.2, 0.25) is 0 Å². The third kappa shape index (κ3) is 3.10. The van der Waals surface area contributed by atoms with Crippen LogP contribution in [0.25, 0.3) is 16.9 Å². The van der Waals surface area contributed by atoms with E-state index in [1.807, 2.05) is 18.4 Å². The number of hydrogen-bond acceptors (Lipinski definition) is 6. The molecule has 0 unspecified atom stereocenters. The fraction of sp³-hybridized carbons (Fsp3) is 0.381. The van der Waals surface area contributed by atoms with Gasteiger partial charge in [0.1, 0.15) is 23.9 Å². The third-order valence-electron chi connectivity index (χ3n) is 5.75. The number of aromatic nitrogens is 7. The lowest BCUT2D eigenvalue weighted by molar-refractivity contribution is 0.279. The van der Waals surface area contributed by atoms with Crippen LogP contribution in [-0.4, -0.2) is 34.6 Å². The quantitative estimate of drug-likeness (QED) is 0.503. The lowest BCUT2D eigenvalue weighted by Crippen LogP contribution is -2.08. The van der Waals surface area contributed by atoms with Crippen LogP contribution in [-0.2, 0) is 13.7 Å². The molecule has 4 aromatic rings. The number of fused-ring (bicyclic) bond motifs is 1. The van der Waals surface area contributed by atoms with Crippen LogP contribution in [0.5, 0.6) is 5.88 Å². The number of hydrogen-bond donors (Lipinski definition) is 0. The highest BCUT2D eigenvalue weighted by Gasteiger charge is 2.29. The molecule has 1 fully saturated rings. The molecular formula is C21H22FN7O. The van der Waals surface area contributed by atoms with Gasteiger partial charge in [-0.05, 0) is 31.9 Å². The Bertz CT molecular complexity index is 1210. The Labute approximate surface area is 172 Å². The summed E-state index contributed by atoms with van der Waals surface area (Å²) in [5.41, 5.74) is 3.18. The van der Waals surface area contributed by atoms with Crippen LogP contribution in [0, 0.1) is 12.7 Å². The van der Waals surface area contributed by atoms with Gasteiger partial charge in [-0.25, -0.2) is 9.07 Å². The topological polar surface area (TPSA) is 83.0 Å². The molecule has 0 atom stereocenters. The Hall–Kier alpha value is -3.36. The molecule has 0 radical (unpaired) electrons. The number of imidazole rings is 1. The van der Waals surface area contributed by atoms with E-state index in [1.54, 1.807) is 29.1 Å². The lowest BCUT2D eigenvalue weighted by atomic mass is 10.0. The second kappa shape index (κ2) is 7.47. The second-order valence-electron chi connectivity index (χ2n) is 7.66. The van der Waals surface area contributed by atoms with Gasteiger partial charge in [0.2, 0.25) is 5.88 Å². The summed E-state index contributed by atoms with van der Waals surface area (Å²) < 4.78 is 24.3. The van der Waals surface area contributed by atoms with Crippen LogP contribution < -0.4 is 4.74 Å². The largest absolute Gasteiger partial charge is 0.470 e. The van der Waals surface area contributed by atoms with Crippen molar-refractivity contribution in [3.05, 3.63) is 53.5 Å². The molecule has 8 nitrogen and oxygen atoms in total. The molecule has 0 amide bonds. The first-order valence-corrected chi connectivity index (χ1v) is 10.1. The van der Waals surface area contributed by atoms with Gasteiger partial charge in [-0.3, -0.25) is 4.40 Å². The van der Waals surface area contributed by atoms with Gasteiger partial charge in [-0.1, -0.05) is 30.2 Å². The summed E-state index contributed by atoms with van der Waals surface area (Å²) in [6.45, 7) is 2.18. The molecule has 1 aliphatic rings. The Morgan fingerprint density at radius 3 is 2.70 bits per heavy atom. The Balaban J connectivity index is 1.67. The van der Waals surface area contributed by atoms with Crippen LogP contribution in [0.15, 0.2) is 30.5 Å². The zero-order valence-corrected chi connectivity index (χ0v) is 16.9. The summed E-state index contributed by atoms with van der Waals surface area (Å²) in [4.78, 5) is 4.79. The first-order chi connectivity index (χ1) is 14.6. The molecule has 9 heteroatoms. The van der Waals surface area contributed by atoms with E-state index in [0.717, 1.165) is 24.2 Å². The van der Waals surface area contributed by atoms with Gasteiger partial charge in [0.05, 0.1) is 17.6 Å². The maximum Gasteiger partial charge on any atom is 0.236 e. The van der Waals surface area contributed by atoms with E-state index in [9.17, 15) is 4.39 Å². The fourth-order valence-corrected chi connectivity index (χ4v) is 4.19. The Kier molecular flexibility index (Phi) is 4.65. The van der Waals surface area contributed by atoms with Crippen molar-refractivity contribution in [2.24, 2.45) is 7.05 Å². The number of benzene rings is 1. The van der Waals surface area contributed by atoms with E-state index in [1.165, 1.54) is 18.9 Å². The van der Waals surface area contributed by atoms with Crippen molar-refractivity contribution >= 4 is 5.65 Å². The van der Waals surface area contributed by atoms with Crippen LogP contribution in [0.3, 0.4) is 0 Å². The molecule has 0 bridgehead atoms. The molecule has 3 heterocycles. The van der Waals surface area contributed by atoms with Crippen LogP contribution in [0.1, 0.15) is 48.8 Å². The molecule has 0 N–H and O–H groups in total. The minimum Gasteiger partial charge on any atom is -0.470 e. The van der Waals surface area contributed by atoms with Crippen molar-refractivity contribution in [3.63, 3.8) is 0 Å². The molecule has 0 spiro atoms. The van der Waals surface area contributed by atoms with E-state index in [-0.39, 0.29) is 5.82 Å². The summed E-state index contributed by atoms with van der Waals surface area (Å²) in [5, 5.41) is 16.5. The molecule has 5 rings (SSSR count). The summed E-state index contributed by atoms with van der Waals surface area (Å²) in [6, 6.07) is 6.55. The SMILES string of the molecule is Cc1nnc(-c2ccccc2F)c2nc(OCc3cnnn3C)c(C3CCCC3)n12. The zero-order chi connectivity index (χ0) is 20.7. The number of halogens is 1. The smallest absolute Gasteiger partial charge is 0.236 e. The number of ether oxygens (including phenoxy) is 1. The van der Waals surface area contributed by atoms with Gasteiger partial charge < -0.3 is 4.74 Å². The first kappa shape index (κ1) is 18.7. The van der Waals surface area contributed by atoms with Crippen molar-refractivity contribution in [1.82, 2.24) is 34.6 Å². The van der Waals surface area contributed by atoms with Crippen LogP contribution >= 0.6 is 0 Å². The summed E-state index contributed by atoms with van der Waals surface area (Å²) in [7, 11) is 1.82. The van der Waals surface area contributed by atoms with E-state index in [2.05, 4.69) is 20.5 Å². The number of rotatable bonds is 5. The highest BCUT2D eigenvalue weighted by atomic mass is 19.1.